The first-order valence-electron chi connectivity index (χ1n) is 15.7. The third-order valence-electron chi connectivity index (χ3n) is 7.68. The Labute approximate surface area is 285 Å². The highest BCUT2D eigenvalue weighted by Crippen LogP contribution is 2.71. The fourth-order valence-electron chi connectivity index (χ4n) is 5.29. The van der Waals surface area contributed by atoms with Gasteiger partial charge in [0.25, 0.3) is 0 Å². The van der Waals surface area contributed by atoms with Crippen molar-refractivity contribution >= 4 is 32.4 Å². The monoisotopic (exact) mass is 728 g/mol. The largest absolute Gasteiger partial charge is 0.465 e. The normalized spacial score (nSPS) is 18.0. The maximum atomic E-state index is 15.6. The van der Waals surface area contributed by atoms with Gasteiger partial charge in [0.15, 0.2) is 0 Å². The topological polar surface area (TPSA) is 105 Å². The second-order valence-electron chi connectivity index (χ2n) is 12.5. The van der Waals surface area contributed by atoms with Crippen molar-refractivity contribution in [3.8, 4) is 0 Å². The first kappa shape index (κ1) is 38.3. The van der Waals surface area contributed by atoms with Crippen molar-refractivity contribution in [3.63, 3.8) is 0 Å². The summed E-state index contributed by atoms with van der Waals surface area (Å²) in [7, 11) is -9.88. The number of benzene rings is 3. The molecule has 49 heavy (non-hydrogen) atoms. The van der Waals surface area contributed by atoms with E-state index in [1.807, 2.05) is 0 Å². The average molecular weight is 729 g/mol. The third kappa shape index (κ3) is 9.21. The van der Waals surface area contributed by atoms with Crippen molar-refractivity contribution in [2.75, 3.05) is 13.2 Å². The summed E-state index contributed by atoms with van der Waals surface area (Å²) in [5, 5.41) is -5.70. The van der Waals surface area contributed by atoms with Crippen LogP contribution < -0.4 is 0 Å². The molecule has 3 aromatic rings. The van der Waals surface area contributed by atoms with E-state index >= 15 is 17.6 Å². The summed E-state index contributed by atoms with van der Waals surface area (Å²) in [5.74, 6) is -7.28. The molecular formula is C35H40F4O8S2. The second-order valence-corrected chi connectivity index (χ2v) is 17.0. The zero-order valence-electron chi connectivity index (χ0n) is 27.4. The summed E-state index contributed by atoms with van der Waals surface area (Å²) in [4.78, 5) is 25.1. The smallest absolute Gasteiger partial charge is 0.432 e. The first-order valence-corrected chi connectivity index (χ1v) is 18.6. The van der Waals surface area contributed by atoms with E-state index in [0.717, 1.165) is 0 Å². The van der Waals surface area contributed by atoms with Crippen molar-refractivity contribution in [1.29, 1.82) is 0 Å². The number of carbonyl (C=O) groups is 2. The molecule has 0 radical (unpaired) electrons. The molecule has 1 aliphatic rings. The van der Waals surface area contributed by atoms with Crippen molar-refractivity contribution in [3.05, 3.63) is 91.0 Å². The SMILES string of the molecule is CC(C)(C)OC(=O)COC1CCC(C(=O)OCCC(F)(F)C(F)(F)S(=O)(=O)OS(c2ccccc2)(c2ccccc2)c2ccccc2)CC1. The van der Waals surface area contributed by atoms with Crippen LogP contribution in [0.5, 0.6) is 0 Å². The van der Waals surface area contributed by atoms with E-state index in [0.29, 0.717) is 12.8 Å². The number of ether oxygens (including phenoxy) is 3. The predicted octanol–water partition coefficient (Wildman–Crippen LogP) is 8.31. The summed E-state index contributed by atoms with van der Waals surface area (Å²) < 4.78 is 109. The van der Waals surface area contributed by atoms with Crippen LogP contribution in [0.1, 0.15) is 52.9 Å². The Morgan fingerprint density at radius 2 is 1.18 bits per heavy atom. The highest BCUT2D eigenvalue weighted by molar-refractivity contribution is 8.33. The fourth-order valence-corrected chi connectivity index (χ4v) is 10.6. The summed E-state index contributed by atoms with van der Waals surface area (Å²) in [6.07, 6.45) is -0.832. The standard InChI is InChI=1S/C35H40F4O8S2/c1-33(2,3)46-31(40)25-45-27-21-19-26(20-22-27)32(41)44-24-23-34(36,37)35(38,39)49(42,43)47-48(28-13-7-4-8-14-28,29-15-9-5-10-16-29)30-17-11-6-12-18-30/h4-18,26-27H,19-25H2,1-3H3. The molecule has 0 spiro atoms. The highest BCUT2D eigenvalue weighted by Gasteiger charge is 2.67. The number of halogens is 4. The van der Waals surface area contributed by atoms with Gasteiger partial charge in [0.1, 0.15) is 12.2 Å². The molecule has 14 heteroatoms. The molecule has 1 saturated carbocycles. The minimum Gasteiger partial charge on any atom is -0.465 e. The van der Waals surface area contributed by atoms with Gasteiger partial charge in [-0.1, -0.05) is 54.6 Å². The van der Waals surface area contributed by atoms with Crippen LogP contribution in [-0.2, 0) is 37.5 Å². The molecule has 3 aromatic carbocycles. The maximum absolute atomic E-state index is 15.6. The van der Waals surface area contributed by atoms with Gasteiger partial charge in [0.2, 0.25) is 0 Å². The Balaban J connectivity index is 1.44. The molecule has 4 rings (SSSR count). The molecule has 0 atom stereocenters. The van der Waals surface area contributed by atoms with Crippen molar-refractivity contribution in [2.24, 2.45) is 5.92 Å². The molecule has 0 N–H and O–H groups in total. The van der Waals surface area contributed by atoms with Crippen molar-refractivity contribution in [2.45, 2.75) is 90.4 Å². The number of carbonyl (C=O) groups excluding carboxylic acids is 2. The summed E-state index contributed by atoms with van der Waals surface area (Å²) >= 11 is 0. The Morgan fingerprint density at radius 1 is 0.735 bits per heavy atom. The lowest BCUT2D eigenvalue weighted by molar-refractivity contribution is -0.176. The van der Waals surface area contributed by atoms with Crippen molar-refractivity contribution in [1.82, 2.24) is 0 Å². The minimum atomic E-state index is -6.35. The number of hydrogen-bond acceptors (Lipinski definition) is 8. The van der Waals surface area contributed by atoms with Crippen LogP contribution in [0.3, 0.4) is 0 Å². The van der Waals surface area contributed by atoms with Crippen LogP contribution in [0.15, 0.2) is 106 Å². The molecule has 1 aliphatic carbocycles. The molecule has 0 aliphatic heterocycles. The summed E-state index contributed by atoms with van der Waals surface area (Å²) in [5.41, 5.74) is -0.669. The molecule has 1 fully saturated rings. The fraction of sp³-hybridized carbons (Fsp3) is 0.429. The molecule has 0 bridgehead atoms. The lowest BCUT2D eigenvalue weighted by Crippen LogP contribution is -2.48. The van der Waals surface area contributed by atoms with Crippen LogP contribution in [0.2, 0.25) is 0 Å². The molecule has 268 valence electrons. The van der Waals surface area contributed by atoms with Gasteiger partial charge in [-0.2, -0.15) is 26.0 Å². The second kappa shape index (κ2) is 15.6. The lowest BCUT2D eigenvalue weighted by atomic mass is 9.87. The number of rotatable bonds is 14. The average Bonchev–Trinajstić information content (AvgIpc) is 3.06. The van der Waals surface area contributed by atoms with E-state index in [9.17, 15) is 18.0 Å². The molecule has 8 nitrogen and oxygen atoms in total. The van der Waals surface area contributed by atoms with E-state index in [4.69, 9.17) is 17.8 Å². The van der Waals surface area contributed by atoms with Gasteiger partial charge in [0, 0.05) is 14.7 Å². The predicted molar refractivity (Wildman–Crippen MR) is 175 cm³/mol. The lowest BCUT2D eigenvalue weighted by Gasteiger charge is -2.40. The van der Waals surface area contributed by atoms with E-state index in [1.165, 1.54) is 36.4 Å². The molecule has 0 heterocycles. The quantitative estimate of drug-likeness (QED) is 0.121. The van der Waals surface area contributed by atoms with E-state index in [1.54, 1.807) is 75.4 Å². The van der Waals surface area contributed by atoms with Gasteiger partial charge in [-0.3, -0.25) is 4.79 Å². The van der Waals surface area contributed by atoms with Gasteiger partial charge in [-0.05, 0) is 93.2 Å². The van der Waals surface area contributed by atoms with E-state index in [2.05, 4.69) is 0 Å². The van der Waals surface area contributed by atoms with E-state index < -0.39 is 68.1 Å². The Kier molecular flexibility index (Phi) is 12.2. The van der Waals surface area contributed by atoms with E-state index in [-0.39, 0.29) is 40.2 Å². The molecule has 0 unspecified atom stereocenters. The Bertz CT molecular complexity index is 1550. The highest BCUT2D eigenvalue weighted by atomic mass is 32.3. The van der Waals surface area contributed by atoms with Crippen LogP contribution in [0.25, 0.3) is 0 Å². The number of hydrogen-bond donors (Lipinski definition) is 0. The molecule has 0 saturated heterocycles. The van der Waals surface area contributed by atoms with Gasteiger partial charge < -0.3 is 14.2 Å². The first-order chi connectivity index (χ1) is 23.0. The minimum absolute atomic E-state index is 0.189. The molecule has 0 amide bonds. The summed E-state index contributed by atoms with van der Waals surface area (Å²) in [6, 6.07) is 23.2. The Morgan fingerprint density at radius 3 is 1.61 bits per heavy atom. The Hall–Kier alpha value is -3.46. The zero-order valence-corrected chi connectivity index (χ0v) is 29.0. The van der Waals surface area contributed by atoms with Gasteiger partial charge in [0.05, 0.1) is 25.0 Å². The number of alkyl halides is 4. The van der Waals surface area contributed by atoms with Gasteiger partial charge in [-0.15, -0.1) is 0 Å². The summed E-state index contributed by atoms with van der Waals surface area (Å²) in [6.45, 7) is 3.75. The third-order valence-corrected chi connectivity index (χ3v) is 12.9. The van der Waals surface area contributed by atoms with Crippen LogP contribution in [0.4, 0.5) is 17.6 Å². The van der Waals surface area contributed by atoms with Crippen molar-refractivity contribution < 1.29 is 53.4 Å². The van der Waals surface area contributed by atoms with Gasteiger partial charge in [-0.25, -0.2) is 8.42 Å². The maximum Gasteiger partial charge on any atom is 0.432 e. The van der Waals surface area contributed by atoms with Crippen LogP contribution in [-0.4, -0.2) is 56.5 Å². The molecular weight excluding hydrogens is 689 g/mol. The number of esters is 2. The van der Waals surface area contributed by atoms with Gasteiger partial charge >= 0.3 is 33.2 Å². The zero-order chi connectivity index (χ0) is 35.9. The van der Waals surface area contributed by atoms with Crippen LogP contribution in [0, 0.1) is 5.92 Å². The van der Waals surface area contributed by atoms with Crippen LogP contribution >= 0.6 is 10.3 Å². The molecule has 0 aromatic heterocycles.